The van der Waals surface area contributed by atoms with Gasteiger partial charge in [-0.25, -0.2) is 0 Å². The van der Waals surface area contributed by atoms with Crippen LogP contribution in [0.15, 0.2) is 23.2 Å². The Balaban J connectivity index is 2.12. The van der Waals surface area contributed by atoms with E-state index in [0.29, 0.717) is 49.8 Å². The van der Waals surface area contributed by atoms with Crippen molar-refractivity contribution in [3.63, 3.8) is 0 Å². The van der Waals surface area contributed by atoms with Crippen LogP contribution in [-0.4, -0.2) is 48.9 Å². The molecule has 1 aliphatic rings. The van der Waals surface area contributed by atoms with Crippen molar-refractivity contribution in [1.29, 1.82) is 0 Å². The van der Waals surface area contributed by atoms with E-state index in [-0.39, 0.29) is 17.4 Å². The number of amides is 3. The number of guanidine groups is 1. The van der Waals surface area contributed by atoms with Gasteiger partial charge in [-0.1, -0.05) is 32.1 Å². The van der Waals surface area contributed by atoms with E-state index >= 15 is 0 Å². The molecule has 0 spiro atoms. The molecule has 0 aromatic heterocycles. The predicted octanol–water partition coefficient (Wildman–Crippen LogP) is 0.959. The first-order valence-electron chi connectivity index (χ1n) is 12.2. The fraction of sp³-hybridized carbons (Fsp3) is 0.583. The summed E-state index contributed by atoms with van der Waals surface area (Å²) in [6, 6.07) is 3.02. The Labute approximate surface area is 206 Å². The molecule has 1 saturated carbocycles. The molecule has 194 valence electrons. The Hall–Kier alpha value is -3.34. The number of hydrogen-bond donors (Lipinski definition) is 6. The van der Waals surface area contributed by atoms with Crippen molar-refractivity contribution in [3.8, 4) is 5.75 Å². The highest BCUT2D eigenvalue weighted by Crippen LogP contribution is 2.29. The van der Waals surface area contributed by atoms with Crippen molar-refractivity contribution in [2.45, 2.75) is 70.4 Å². The first kappa shape index (κ1) is 27.9. The van der Waals surface area contributed by atoms with Crippen molar-refractivity contribution < 1.29 is 19.1 Å². The summed E-state index contributed by atoms with van der Waals surface area (Å²) >= 11 is 0. The third kappa shape index (κ3) is 9.44. The van der Waals surface area contributed by atoms with Gasteiger partial charge in [0.05, 0.1) is 18.3 Å². The first-order chi connectivity index (χ1) is 16.7. The van der Waals surface area contributed by atoms with Gasteiger partial charge in [0.25, 0.3) is 0 Å². The summed E-state index contributed by atoms with van der Waals surface area (Å²) < 4.78 is 5.59. The highest BCUT2D eigenvalue weighted by molar-refractivity contribution is 6.00. The highest BCUT2D eigenvalue weighted by atomic mass is 16.5. The molecule has 1 aromatic carbocycles. The minimum Gasteiger partial charge on any atom is -0.492 e. The Morgan fingerprint density at radius 1 is 1.11 bits per heavy atom. The fourth-order valence-electron chi connectivity index (χ4n) is 4.19. The molecule has 11 heteroatoms. The van der Waals surface area contributed by atoms with E-state index in [4.69, 9.17) is 27.7 Å². The largest absolute Gasteiger partial charge is 0.492 e. The topological polar surface area (TPSA) is 201 Å². The molecule has 2 rings (SSSR count). The second-order valence-electron chi connectivity index (χ2n) is 8.85. The van der Waals surface area contributed by atoms with Gasteiger partial charge in [-0.05, 0) is 50.3 Å². The van der Waals surface area contributed by atoms with Crippen LogP contribution in [0, 0.1) is 5.92 Å². The number of ether oxygens (including phenoxy) is 1. The summed E-state index contributed by atoms with van der Waals surface area (Å²) in [5.41, 5.74) is 22.7. The Morgan fingerprint density at radius 2 is 1.83 bits per heavy atom. The second kappa shape index (κ2) is 14.1. The maximum absolute atomic E-state index is 13.3. The molecule has 3 amide bonds. The molecule has 1 aromatic rings. The Kier molecular flexibility index (Phi) is 11.3. The zero-order valence-corrected chi connectivity index (χ0v) is 20.4. The molecule has 2 atom stereocenters. The normalized spacial score (nSPS) is 15.5. The lowest BCUT2D eigenvalue weighted by molar-refractivity contribution is -0.127. The number of carbonyl (C=O) groups is 3. The molecule has 10 N–H and O–H groups in total. The third-order valence-corrected chi connectivity index (χ3v) is 6.05. The minimum atomic E-state index is -0.792. The Bertz CT molecular complexity index is 896. The number of hydrogen-bond acceptors (Lipinski definition) is 6. The number of aliphatic imine (C=N–C) groups is 1. The zero-order chi connectivity index (χ0) is 25.8. The minimum absolute atomic E-state index is 0.0116. The molecule has 11 nitrogen and oxygen atoms in total. The number of nitrogens with two attached hydrogens (primary N) is 4. The highest BCUT2D eigenvalue weighted by Gasteiger charge is 2.28. The lowest BCUT2D eigenvalue weighted by Crippen LogP contribution is -2.50. The third-order valence-electron chi connectivity index (χ3n) is 6.05. The summed E-state index contributed by atoms with van der Waals surface area (Å²) in [5.74, 6) is -0.718. The van der Waals surface area contributed by atoms with Gasteiger partial charge in [0.2, 0.25) is 17.7 Å². The SMILES string of the molecule is CCOc1cc(C(N)=O)ccc1NC(=O)[C@H](CC1CCCCC1)NC(=O)[C@@H](N)CCCN=C(N)N. The van der Waals surface area contributed by atoms with Crippen molar-refractivity contribution in [2.75, 3.05) is 18.5 Å². The lowest BCUT2D eigenvalue weighted by atomic mass is 9.84. The molecule has 35 heavy (non-hydrogen) atoms. The number of rotatable bonds is 13. The van der Waals surface area contributed by atoms with Crippen LogP contribution < -0.4 is 38.3 Å². The molecule has 1 aliphatic carbocycles. The number of carbonyl (C=O) groups excluding carboxylic acids is 3. The molecule has 0 unspecified atom stereocenters. The lowest BCUT2D eigenvalue weighted by Gasteiger charge is -2.27. The van der Waals surface area contributed by atoms with E-state index in [1.807, 2.05) is 0 Å². The van der Waals surface area contributed by atoms with E-state index in [2.05, 4.69) is 15.6 Å². The van der Waals surface area contributed by atoms with Crippen LogP contribution >= 0.6 is 0 Å². The average molecular weight is 490 g/mol. The van der Waals surface area contributed by atoms with Crippen LogP contribution in [0.25, 0.3) is 0 Å². The van der Waals surface area contributed by atoms with Crippen LogP contribution in [-0.2, 0) is 9.59 Å². The van der Waals surface area contributed by atoms with Crippen LogP contribution in [0.3, 0.4) is 0 Å². The summed E-state index contributed by atoms with van der Waals surface area (Å²) in [5, 5.41) is 5.68. The molecule has 0 heterocycles. The number of anilines is 1. The molecule has 0 aliphatic heterocycles. The van der Waals surface area contributed by atoms with Gasteiger partial charge >= 0.3 is 0 Å². The van der Waals surface area contributed by atoms with Crippen LogP contribution in [0.2, 0.25) is 0 Å². The van der Waals surface area contributed by atoms with Crippen LogP contribution in [0.4, 0.5) is 5.69 Å². The van der Waals surface area contributed by atoms with Gasteiger partial charge in [-0.3, -0.25) is 19.4 Å². The summed E-state index contributed by atoms with van der Waals surface area (Å²) in [4.78, 5) is 41.5. The van der Waals surface area contributed by atoms with Crippen LogP contribution in [0.5, 0.6) is 5.75 Å². The zero-order valence-electron chi connectivity index (χ0n) is 20.4. The number of primary amides is 1. The number of benzene rings is 1. The van der Waals surface area contributed by atoms with E-state index in [1.54, 1.807) is 13.0 Å². The fourth-order valence-corrected chi connectivity index (χ4v) is 4.19. The molecule has 0 radical (unpaired) electrons. The first-order valence-corrected chi connectivity index (χ1v) is 12.2. The molecule has 1 fully saturated rings. The average Bonchev–Trinajstić information content (AvgIpc) is 2.82. The molecule has 0 bridgehead atoms. The standard InChI is InChI=1S/C24H39N7O4/c1-2-35-20-14-16(21(26)32)10-11-18(20)30-23(34)19(13-15-7-4-3-5-8-15)31-22(33)17(25)9-6-12-29-24(27)28/h10-11,14-15,17,19H,2-9,12-13,25H2,1H3,(H2,26,32)(H,30,34)(H,31,33)(H4,27,28,29)/t17-,19-/m0/s1. The van der Waals surface area contributed by atoms with Crippen molar-refractivity contribution in [1.82, 2.24) is 5.32 Å². The predicted molar refractivity (Wildman–Crippen MR) is 136 cm³/mol. The summed E-state index contributed by atoms with van der Waals surface area (Å²) in [7, 11) is 0. The number of nitrogens with one attached hydrogen (secondary N) is 2. The van der Waals surface area contributed by atoms with Crippen molar-refractivity contribution in [2.24, 2.45) is 33.8 Å². The van der Waals surface area contributed by atoms with E-state index < -0.39 is 23.9 Å². The molecular formula is C24H39N7O4. The van der Waals surface area contributed by atoms with Crippen molar-refractivity contribution in [3.05, 3.63) is 23.8 Å². The van der Waals surface area contributed by atoms with Crippen LogP contribution in [0.1, 0.15) is 68.6 Å². The second-order valence-corrected chi connectivity index (χ2v) is 8.85. The Morgan fingerprint density at radius 3 is 2.46 bits per heavy atom. The molecule has 0 saturated heterocycles. The van der Waals surface area contributed by atoms with E-state index in [9.17, 15) is 14.4 Å². The summed E-state index contributed by atoms with van der Waals surface area (Å²) in [6.45, 7) is 2.50. The number of nitrogens with zero attached hydrogens (tertiary/aromatic N) is 1. The van der Waals surface area contributed by atoms with Gasteiger partial charge in [0.1, 0.15) is 11.8 Å². The van der Waals surface area contributed by atoms with E-state index in [1.165, 1.54) is 18.6 Å². The maximum Gasteiger partial charge on any atom is 0.248 e. The molecular weight excluding hydrogens is 450 g/mol. The smallest absolute Gasteiger partial charge is 0.248 e. The van der Waals surface area contributed by atoms with Gasteiger partial charge < -0.3 is 38.3 Å². The van der Waals surface area contributed by atoms with Crippen molar-refractivity contribution >= 4 is 29.4 Å². The quantitative estimate of drug-likeness (QED) is 0.134. The van der Waals surface area contributed by atoms with E-state index in [0.717, 1.165) is 25.7 Å². The van der Waals surface area contributed by atoms with Gasteiger partial charge in [-0.2, -0.15) is 0 Å². The summed E-state index contributed by atoms with van der Waals surface area (Å²) in [6.07, 6.45) is 6.87. The van der Waals surface area contributed by atoms with Gasteiger partial charge in [0, 0.05) is 12.1 Å². The van der Waals surface area contributed by atoms with Gasteiger partial charge in [-0.15, -0.1) is 0 Å². The maximum atomic E-state index is 13.3. The monoisotopic (exact) mass is 489 g/mol. The van der Waals surface area contributed by atoms with Gasteiger partial charge in [0.15, 0.2) is 5.96 Å².